The van der Waals surface area contributed by atoms with Crippen molar-refractivity contribution in [3.63, 3.8) is 0 Å². The summed E-state index contributed by atoms with van der Waals surface area (Å²) < 4.78 is 0. The molecule has 2 rings (SSSR count). The van der Waals surface area contributed by atoms with Crippen molar-refractivity contribution >= 4 is 5.91 Å². The van der Waals surface area contributed by atoms with Gasteiger partial charge in [0, 0.05) is 6.04 Å². The zero-order valence-electron chi connectivity index (χ0n) is 11.9. The van der Waals surface area contributed by atoms with E-state index in [0.29, 0.717) is 12.6 Å². The van der Waals surface area contributed by atoms with Crippen LogP contribution in [0.1, 0.15) is 30.9 Å². The second-order valence-corrected chi connectivity index (χ2v) is 5.62. The number of nitrogens with two attached hydrogens (primary N) is 1. The van der Waals surface area contributed by atoms with Crippen LogP contribution in [0.3, 0.4) is 0 Å². The number of rotatable bonds is 7. The number of benzene rings is 1. The number of hydrogen-bond donors (Lipinski definition) is 1. The molecule has 1 aliphatic rings. The Morgan fingerprint density at radius 3 is 2.47 bits per heavy atom. The number of likely N-dealkylation sites (N-methyl/N-ethyl adjacent to an activating group) is 1. The van der Waals surface area contributed by atoms with Gasteiger partial charge in [-0.05, 0) is 44.2 Å². The summed E-state index contributed by atoms with van der Waals surface area (Å²) in [5.74, 6) is 0.511. The van der Waals surface area contributed by atoms with Gasteiger partial charge in [0.25, 0.3) is 0 Å². The molecule has 1 fully saturated rings. The molecule has 2 N–H and O–H groups in total. The average Bonchev–Trinajstić information content (AvgIpc) is 3.19. The first-order chi connectivity index (χ1) is 9.10. The Morgan fingerprint density at radius 2 is 2.00 bits per heavy atom. The molecule has 1 saturated carbocycles. The maximum absolute atomic E-state index is 11.2. The quantitative estimate of drug-likeness (QED) is 0.816. The van der Waals surface area contributed by atoms with Gasteiger partial charge in [0.05, 0.1) is 6.54 Å². The molecule has 0 aliphatic heterocycles. The van der Waals surface area contributed by atoms with Gasteiger partial charge < -0.3 is 5.73 Å². The summed E-state index contributed by atoms with van der Waals surface area (Å²) in [6, 6.07) is 9.17. The van der Waals surface area contributed by atoms with E-state index in [1.165, 1.54) is 24.0 Å². The van der Waals surface area contributed by atoms with Crippen LogP contribution in [0.2, 0.25) is 0 Å². The molecule has 0 unspecified atom stereocenters. The fraction of sp³-hybridized carbons (Fsp3) is 0.562. The first kappa shape index (κ1) is 14.1. The van der Waals surface area contributed by atoms with E-state index in [-0.39, 0.29) is 5.91 Å². The zero-order chi connectivity index (χ0) is 13.8. The van der Waals surface area contributed by atoms with Gasteiger partial charge in [0.15, 0.2) is 0 Å². The number of carbonyl (C=O) groups is 1. The molecule has 3 heteroatoms. The monoisotopic (exact) mass is 260 g/mol. The summed E-state index contributed by atoms with van der Waals surface area (Å²) in [5, 5.41) is 0. The van der Waals surface area contributed by atoms with Crippen LogP contribution in [0.4, 0.5) is 0 Å². The van der Waals surface area contributed by atoms with Gasteiger partial charge in [-0.25, -0.2) is 0 Å². The first-order valence-corrected chi connectivity index (χ1v) is 7.18. The van der Waals surface area contributed by atoms with E-state index >= 15 is 0 Å². The number of amides is 1. The van der Waals surface area contributed by atoms with Crippen molar-refractivity contribution < 1.29 is 4.79 Å². The molecule has 3 nitrogen and oxygen atoms in total. The van der Waals surface area contributed by atoms with Crippen molar-refractivity contribution in [2.45, 2.75) is 39.2 Å². The molecule has 1 aliphatic carbocycles. The number of aryl methyl sites for hydroxylation is 1. The van der Waals surface area contributed by atoms with E-state index in [1.54, 1.807) is 0 Å². The predicted molar refractivity (Wildman–Crippen MR) is 77.8 cm³/mol. The smallest absolute Gasteiger partial charge is 0.231 e. The maximum atomic E-state index is 11.2. The molecule has 0 saturated heterocycles. The Labute approximate surface area is 115 Å². The van der Waals surface area contributed by atoms with E-state index in [0.717, 1.165) is 18.9 Å². The summed E-state index contributed by atoms with van der Waals surface area (Å²) in [7, 11) is 0. The Balaban J connectivity index is 2.06. The van der Waals surface area contributed by atoms with E-state index in [2.05, 4.69) is 43.0 Å². The third-order valence-electron chi connectivity index (χ3n) is 3.97. The lowest BCUT2D eigenvalue weighted by Crippen LogP contribution is -2.43. The Hall–Kier alpha value is -1.35. The van der Waals surface area contributed by atoms with Crippen LogP contribution in [0, 0.1) is 12.8 Å². The minimum atomic E-state index is -0.226. The molecular formula is C16H24N2O. The van der Waals surface area contributed by atoms with Crippen LogP contribution in [0.5, 0.6) is 0 Å². The molecule has 104 valence electrons. The Morgan fingerprint density at radius 1 is 1.37 bits per heavy atom. The third-order valence-corrected chi connectivity index (χ3v) is 3.97. The molecule has 1 aromatic carbocycles. The summed E-state index contributed by atoms with van der Waals surface area (Å²) in [6.07, 6.45) is 3.59. The topological polar surface area (TPSA) is 46.3 Å². The van der Waals surface area contributed by atoms with Crippen molar-refractivity contribution in [2.24, 2.45) is 11.7 Å². The fourth-order valence-electron chi connectivity index (χ4n) is 2.70. The van der Waals surface area contributed by atoms with E-state index < -0.39 is 0 Å². The molecule has 1 atom stereocenters. The molecule has 0 heterocycles. The van der Waals surface area contributed by atoms with Crippen LogP contribution in [0.15, 0.2) is 24.3 Å². The lowest BCUT2D eigenvalue weighted by molar-refractivity contribution is -0.119. The SMILES string of the molecule is CCN(CC(N)=O)[C@@H](Cc1ccc(C)cc1)C1CC1. The second kappa shape index (κ2) is 6.20. The van der Waals surface area contributed by atoms with Crippen molar-refractivity contribution in [1.82, 2.24) is 4.90 Å². The van der Waals surface area contributed by atoms with Gasteiger partial charge in [-0.3, -0.25) is 9.69 Å². The van der Waals surface area contributed by atoms with Gasteiger partial charge in [0.2, 0.25) is 5.91 Å². The first-order valence-electron chi connectivity index (χ1n) is 7.18. The number of carbonyl (C=O) groups excluding carboxylic acids is 1. The van der Waals surface area contributed by atoms with Crippen molar-refractivity contribution in [2.75, 3.05) is 13.1 Å². The summed E-state index contributed by atoms with van der Waals surface area (Å²) >= 11 is 0. The van der Waals surface area contributed by atoms with Crippen LogP contribution in [-0.4, -0.2) is 29.9 Å². The van der Waals surface area contributed by atoms with Gasteiger partial charge in [-0.1, -0.05) is 36.8 Å². The van der Waals surface area contributed by atoms with Gasteiger partial charge >= 0.3 is 0 Å². The van der Waals surface area contributed by atoms with Crippen molar-refractivity contribution in [3.05, 3.63) is 35.4 Å². The Kier molecular flexibility index (Phi) is 4.59. The molecule has 19 heavy (non-hydrogen) atoms. The highest BCUT2D eigenvalue weighted by molar-refractivity contribution is 5.76. The van der Waals surface area contributed by atoms with Crippen molar-refractivity contribution in [3.8, 4) is 0 Å². The second-order valence-electron chi connectivity index (χ2n) is 5.62. The number of hydrogen-bond acceptors (Lipinski definition) is 2. The van der Waals surface area contributed by atoms with Gasteiger partial charge in [-0.15, -0.1) is 0 Å². The summed E-state index contributed by atoms with van der Waals surface area (Å²) in [5.41, 5.74) is 8.00. The summed E-state index contributed by atoms with van der Waals surface area (Å²) in [6.45, 7) is 5.47. The normalized spacial score (nSPS) is 16.6. The van der Waals surface area contributed by atoms with Crippen LogP contribution in [0.25, 0.3) is 0 Å². The van der Waals surface area contributed by atoms with Crippen LogP contribution >= 0.6 is 0 Å². The molecule has 0 spiro atoms. The minimum Gasteiger partial charge on any atom is -0.369 e. The maximum Gasteiger partial charge on any atom is 0.231 e. The lowest BCUT2D eigenvalue weighted by atomic mass is 9.99. The van der Waals surface area contributed by atoms with Crippen molar-refractivity contribution in [1.29, 1.82) is 0 Å². The highest BCUT2D eigenvalue weighted by atomic mass is 16.1. The Bertz CT molecular complexity index is 423. The molecule has 0 radical (unpaired) electrons. The summed E-state index contributed by atoms with van der Waals surface area (Å²) in [4.78, 5) is 13.4. The zero-order valence-corrected chi connectivity index (χ0v) is 11.9. The average molecular weight is 260 g/mol. The van der Waals surface area contributed by atoms with E-state index in [4.69, 9.17) is 5.73 Å². The molecular weight excluding hydrogens is 236 g/mol. The van der Waals surface area contributed by atoms with Crippen LogP contribution in [-0.2, 0) is 11.2 Å². The third kappa shape index (κ3) is 4.06. The van der Waals surface area contributed by atoms with E-state index in [9.17, 15) is 4.79 Å². The highest BCUT2D eigenvalue weighted by Crippen LogP contribution is 2.36. The van der Waals surface area contributed by atoms with Crippen LogP contribution < -0.4 is 5.73 Å². The number of primary amides is 1. The molecule has 0 aromatic heterocycles. The highest BCUT2D eigenvalue weighted by Gasteiger charge is 2.35. The fourth-order valence-corrected chi connectivity index (χ4v) is 2.70. The molecule has 1 amide bonds. The largest absolute Gasteiger partial charge is 0.369 e. The number of nitrogens with zero attached hydrogens (tertiary/aromatic N) is 1. The lowest BCUT2D eigenvalue weighted by Gasteiger charge is -2.30. The van der Waals surface area contributed by atoms with Gasteiger partial charge in [-0.2, -0.15) is 0 Å². The van der Waals surface area contributed by atoms with Gasteiger partial charge in [0.1, 0.15) is 0 Å². The predicted octanol–water partition coefficient (Wildman–Crippen LogP) is 2.12. The standard InChI is InChI=1S/C16H24N2O/c1-3-18(11-16(17)19)15(14-8-9-14)10-13-6-4-12(2)5-7-13/h4-7,14-15H,3,8-11H2,1-2H3,(H2,17,19)/t15-/m0/s1. The van der Waals surface area contributed by atoms with E-state index in [1.807, 2.05) is 0 Å². The minimum absolute atomic E-state index is 0.226. The molecule has 0 bridgehead atoms. The molecule has 1 aromatic rings.